The maximum atomic E-state index is 12.4. The first kappa shape index (κ1) is 19.5. The van der Waals surface area contributed by atoms with Crippen LogP contribution in [-0.2, 0) is 30.2 Å². The average Bonchev–Trinajstić information content (AvgIpc) is 3.21. The third kappa shape index (κ3) is 3.33. The van der Waals surface area contributed by atoms with Gasteiger partial charge in [0.05, 0.1) is 12.9 Å². The van der Waals surface area contributed by atoms with Crippen LogP contribution in [-0.4, -0.2) is 42.2 Å². The summed E-state index contributed by atoms with van der Waals surface area (Å²) in [6, 6.07) is 0. The fraction of sp³-hybridized carbons (Fsp3) is 0.375. The molecular weight excluding hydrogens is 388 g/mol. The van der Waals surface area contributed by atoms with Crippen LogP contribution in [0.15, 0.2) is 15.9 Å². The minimum atomic E-state index is -0.554. The maximum Gasteiger partial charge on any atom is 0.358 e. The van der Waals surface area contributed by atoms with Crippen molar-refractivity contribution >= 4 is 39.5 Å². The number of nitrogens with zero attached hydrogens (tertiary/aromatic N) is 5. The molecule has 0 radical (unpaired) electrons. The Morgan fingerprint density at radius 1 is 1.25 bits per heavy atom. The molecule has 1 N–H and O–H groups in total. The van der Waals surface area contributed by atoms with Crippen LogP contribution in [0.5, 0.6) is 0 Å². The van der Waals surface area contributed by atoms with Crippen LogP contribution in [0.25, 0.3) is 11.2 Å². The zero-order chi connectivity index (χ0) is 20.6. The third-order valence-electron chi connectivity index (χ3n) is 4.04. The van der Waals surface area contributed by atoms with Crippen molar-refractivity contribution in [3.05, 3.63) is 37.7 Å². The molecule has 148 valence electrons. The van der Waals surface area contributed by atoms with E-state index in [1.165, 1.54) is 29.6 Å². The quantitative estimate of drug-likeness (QED) is 0.591. The highest BCUT2D eigenvalue weighted by Crippen LogP contribution is 2.22. The lowest BCUT2D eigenvalue weighted by molar-refractivity contribution is -0.116. The Morgan fingerprint density at radius 2 is 1.96 bits per heavy atom. The van der Waals surface area contributed by atoms with E-state index in [0.717, 1.165) is 15.9 Å². The minimum absolute atomic E-state index is 0.141. The third-order valence-corrected chi connectivity index (χ3v) is 4.93. The molecule has 0 aromatic carbocycles. The van der Waals surface area contributed by atoms with Gasteiger partial charge in [0.1, 0.15) is 6.54 Å². The number of nitrogens with one attached hydrogen (secondary N) is 1. The molecule has 0 saturated carbocycles. The number of esters is 1. The summed E-state index contributed by atoms with van der Waals surface area (Å²) in [5, 5.41) is 2.84. The molecular formula is C16H18N6O5S. The number of carbonyl (C=O) groups is 2. The van der Waals surface area contributed by atoms with Gasteiger partial charge in [-0.3, -0.25) is 18.7 Å². The molecule has 1 amide bonds. The average molecular weight is 406 g/mol. The highest BCUT2D eigenvalue weighted by Gasteiger charge is 2.19. The van der Waals surface area contributed by atoms with Crippen molar-refractivity contribution in [2.75, 3.05) is 11.9 Å². The molecule has 0 aliphatic carbocycles. The van der Waals surface area contributed by atoms with Crippen molar-refractivity contribution in [2.24, 2.45) is 14.1 Å². The lowest BCUT2D eigenvalue weighted by atomic mass is 10.4. The van der Waals surface area contributed by atoms with Crippen molar-refractivity contribution < 1.29 is 14.3 Å². The topological polar surface area (TPSA) is 130 Å². The van der Waals surface area contributed by atoms with E-state index >= 15 is 0 Å². The van der Waals surface area contributed by atoms with Crippen molar-refractivity contribution in [1.82, 2.24) is 23.7 Å². The standard InChI is InChI=1S/C16H18N6O5S/c1-5-27-14(25)10-8(2)28-15(19-10)18-9(23)6-22-7-17-12-11(22)13(24)21(4)16(26)20(12)3/h7H,5-6H2,1-4H3,(H,18,19,23). The van der Waals surface area contributed by atoms with E-state index in [1.54, 1.807) is 13.8 Å². The summed E-state index contributed by atoms with van der Waals surface area (Å²) in [5.41, 5.74) is -0.563. The number of rotatable bonds is 5. The summed E-state index contributed by atoms with van der Waals surface area (Å²) >= 11 is 1.14. The second-order valence-electron chi connectivity index (χ2n) is 5.94. The Bertz CT molecular complexity index is 1200. The van der Waals surface area contributed by atoms with Gasteiger partial charge < -0.3 is 14.6 Å². The molecule has 0 aliphatic rings. The molecule has 0 saturated heterocycles. The first-order valence-corrected chi connectivity index (χ1v) is 9.11. The van der Waals surface area contributed by atoms with Gasteiger partial charge in [0.2, 0.25) is 5.91 Å². The Morgan fingerprint density at radius 3 is 2.64 bits per heavy atom. The Labute approximate surface area is 162 Å². The molecule has 0 aliphatic heterocycles. The van der Waals surface area contributed by atoms with Gasteiger partial charge in [0.25, 0.3) is 5.56 Å². The molecule has 11 nitrogen and oxygen atoms in total. The van der Waals surface area contributed by atoms with Crippen LogP contribution >= 0.6 is 11.3 Å². The zero-order valence-corrected chi connectivity index (χ0v) is 16.5. The maximum absolute atomic E-state index is 12.4. The number of ether oxygens (including phenoxy) is 1. The van der Waals surface area contributed by atoms with E-state index in [4.69, 9.17) is 4.74 Å². The summed E-state index contributed by atoms with van der Waals surface area (Å²) in [7, 11) is 2.85. The summed E-state index contributed by atoms with van der Waals surface area (Å²) in [5.74, 6) is -1.01. The Kier molecular flexibility index (Phi) is 5.14. The first-order valence-electron chi connectivity index (χ1n) is 8.29. The van der Waals surface area contributed by atoms with Gasteiger partial charge in [0.15, 0.2) is 22.0 Å². The molecule has 12 heteroatoms. The van der Waals surface area contributed by atoms with Gasteiger partial charge >= 0.3 is 11.7 Å². The molecule has 28 heavy (non-hydrogen) atoms. The number of fused-ring (bicyclic) bond motifs is 1. The second-order valence-corrected chi connectivity index (χ2v) is 7.15. The molecule has 3 aromatic rings. The molecule has 0 unspecified atom stereocenters. The number of carbonyl (C=O) groups excluding carboxylic acids is 2. The largest absolute Gasteiger partial charge is 0.461 e. The summed E-state index contributed by atoms with van der Waals surface area (Å²) < 4.78 is 8.47. The van der Waals surface area contributed by atoms with Crippen molar-refractivity contribution in [2.45, 2.75) is 20.4 Å². The fourth-order valence-corrected chi connectivity index (χ4v) is 3.49. The smallest absolute Gasteiger partial charge is 0.358 e. The number of thiazole rings is 1. The van der Waals surface area contributed by atoms with Gasteiger partial charge in [-0.25, -0.2) is 19.6 Å². The zero-order valence-electron chi connectivity index (χ0n) is 15.7. The van der Waals surface area contributed by atoms with Gasteiger partial charge in [-0.1, -0.05) is 0 Å². The van der Waals surface area contributed by atoms with E-state index in [9.17, 15) is 19.2 Å². The van der Waals surface area contributed by atoms with E-state index in [2.05, 4.69) is 15.3 Å². The summed E-state index contributed by atoms with van der Waals surface area (Å²) in [6.45, 7) is 3.41. The van der Waals surface area contributed by atoms with Gasteiger partial charge in [-0.05, 0) is 13.8 Å². The summed E-state index contributed by atoms with van der Waals surface area (Å²) in [4.78, 5) is 57.4. The lowest BCUT2D eigenvalue weighted by Gasteiger charge is -2.06. The molecule has 3 rings (SSSR count). The van der Waals surface area contributed by atoms with Crippen LogP contribution in [0.2, 0.25) is 0 Å². The number of hydrogen-bond acceptors (Lipinski definition) is 8. The first-order chi connectivity index (χ1) is 13.2. The van der Waals surface area contributed by atoms with Crippen LogP contribution in [0.4, 0.5) is 5.13 Å². The molecule has 0 atom stereocenters. The van der Waals surface area contributed by atoms with Crippen LogP contribution < -0.4 is 16.6 Å². The predicted octanol–water partition coefficient (Wildman–Crippen LogP) is 0.0140. The number of hydrogen-bond donors (Lipinski definition) is 1. The Balaban J connectivity index is 1.85. The van der Waals surface area contributed by atoms with Crippen molar-refractivity contribution in [3.63, 3.8) is 0 Å². The van der Waals surface area contributed by atoms with E-state index < -0.39 is 23.1 Å². The van der Waals surface area contributed by atoms with Gasteiger partial charge in [-0.2, -0.15) is 0 Å². The normalized spacial score (nSPS) is 11.0. The number of amides is 1. The fourth-order valence-electron chi connectivity index (χ4n) is 2.67. The minimum Gasteiger partial charge on any atom is -0.461 e. The number of imidazole rings is 1. The van der Waals surface area contributed by atoms with E-state index in [0.29, 0.717) is 4.88 Å². The van der Waals surface area contributed by atoms with Crippen molar-refractivity contribution in [1.29, 1.82) is 0 Å². The van der Waals surface area contributed by atoms with Gasteiger partial charge in [-0.15, -0.1) is 11.3 Å². The SMILES string of the molecule is CCOC(=O)c1nc(NC(=O)Cn2cnc3c2c(=O)n(C)c(=O)n3C)sc1C. The number of anilines is 1. The molecule has 0 fully saturated rings. The van der Waals surface area contributed by atoms with Crippen LogP contribution in [0.3, 0.4) is 0 Å². The monoisotopic (exact) mass is 406 g/mol. The highest BCUT2D eigenvalue weighted by molar-refractivity contribution is 7.16. The van der Waals surface area contributed by atoms with Gasteiger partial charge in [0, 0.05) is 19.0 Å². The predicted molar refractivity (Wildman–Crippen MR) is 102 cm³/mol. The number of aryl methyl sites for hydroxylation is 2. The Hall–Kier alpha value is -3.28. The lowest BCUT2D eigenvalue weighted by Crippen LogP contribution is -2.37. The molecule has 3 aromatic heterocycles. The second kappa shape index (κ2) is 7.38. The molecule has 0 bridgehead atoms. The number of aromatic nitrogens is 5. The van der Waals surface area contributed by atoms with Crippen LogP contribution in [0.1, 0.15) is 22.3 Å². The molecule has 3 heterocycles. The van der Waals surface area contributed by atoms with E-state index in [-0.39, 0.29) is 35.1 Å². The summed E-state index contributed by atoms with van der Waals surface area (Å²) in [6.07, 6.45) is 1.32. The highest BCUT2D eigenvalue weighted by atomic mass is 32.1. The molecule has 0 spiro atoms. The van der Waals surface area contributed by atoms with Crippen LogP contribution in [0, 0.1) is 6.92 Å². The van der Waals surface area contributed by atoms with Crippen molar-refractivity contribution in [3.8, 4) is 0 Å². The van der Waals surface area contributed by atoms with E-state index in [1.807, 2.05) is 0 Å².